The maximum atomic E-state index is 12.4. The highest BCUT2D eigenvalue weighted by atomic mass is 16.2. The molecule has 114 valence electrons. The molecule has 0 saturated carbocycles. The standard InChI is InChI=1S/C15H17N5O2/c1-11-9-12(17-18(11)2)15(22)19-7-8-20(14(21)10-19)13-5-3-4-6-16-13/h3-6,9H,7-8,10H2,1-2H3. The molecule has 0 atom stereocenters. The molecule has 0 bridgehead atoms. The summed E-state index contributed by atoms with van der Waals surface area (Å²) in [4.78, 5) is 32.0. The third-order valence-corrected chi connectivity index (χ3v) is 3.77. The second-order valence-corrected chi connectivity index (χ2v) is 5.25. The van der Waals surface area contributed by atoms with Gasteiger partial charge in [0.1, 0.15) is 12.4 Å². The van der Waals surface area contributed by atoms with Crippen LogP contribution in [0.15, 0.2) is 30.5 Å². The molecule has 0 N–H and O–H groups in total. The van der Waals surface area contributed by atoms with Gasteiger partial charge in [-0.1, -0.05) is 6.07 Å². The van der Waals surface area contributed by atoms with Crippen molar-refractivity contribution in [3.05, 3.63) is 41.9 Å². The Morgan fingerprint density at radius 3 is 2.68 bits per heavy atom. The lowest BCUT2D eigenvalue weighted by Crippen LogP contribution is -2.52. The third-order valence-electron chi connectivity index (χ3n) is 3.77. The largest absolute Gasteiger partial charge is 0.326 e. The number of piperazine rings is 1. The minimum Gasteiger partial charge on any atom is -0.326 e. The maximum absolute atomic E-state index is 12.4. The molecule has 0 unspecified atom stereocenters. The first kappa shape index (κ1) is 14.2. The summed E-state index contributed by atoms with van der Waals surface area (Å²) in [5.74, 6) is 0.275. The van der Waals surface area contributed by atoms with Crippen molar-refractivity contribution in [2.45, 2.75) is 6.92 Å². The molecule has 1 fully saturated rings. The van der Waals surface area contributed by atoms with E-state index in [1.54, 1.807) is 41.0 Å². The quantitative estimate of drug-likeness (QED) is 0.814. The van der Waals surface area contributed by atoms with Crippen molar-refractivity contribution in [1.82, 2.24) is 19.7 Å². The van der Waals surface area contributed by atoms with E-state index in [0.717, 1.165) is 5.69 Å². The summed E-state index contributed by atoms with van der Waals surface area (Å²) in [6.45, 7) is 2.84. The number of aromatic nitrogens is 3. The van der Waals surface area contributed by atoms with E-state index in [-0.39, 0.29) is 18.4 Å². The smallest absolute Gasteiger partial charge is 0.274 e. The molecule has 1 saturated heterocycles. The lowest BCUT2D eigenvalue weighted by Gasteiger charge is -2.33. The molecule has 7 heteroatoms. The second kappa shape index (κ2) is 5.59. The van der Waals surface area contributed by atoms with E-state index < -0.39 is 0 Å². The lowest BCUT2D eigenvalue weighted by molar-refractivity contribution is -0.120. The Labute approximate surface area is 128 Å². The van der Waals surface area contributed by atoms with E-state index in [0.29, 0.717) is 24.6 Å². The fourth-order valence-electron chi connectivity index (χ4n) is 2.43. The van der Waals surface area contributed by atoms with Gasteiger partial charge in [-0.2, -0.15) is 5.10 Å². The number of amides is 2. The normalized spacial score (nSPS) is 15.3. The Balaban J connectivity index is 1.72. The molecule has 22 heavy (non-hydrogen) atoms. The van der Waals surface area contributed by atoms with Gasteiger partial charge in [-0.3, -0.25) is 19.2 Å². The van der Waals surface area contributed by atoms with Crippen LogP contribution in [-0.2, 0) is 11.8 Å². The predicted molar refractivity (Wildman–Crippen MR) is 80.4 cm³/mol. The fourth-order valence-corrected chi connectivity index (χ4v) is 2.43. The van der Waals surface area contributed by atoms with Gasteiger partial charge < -0.3 is 4.90 Å². The molecule has 7 nitrogen and oxygen atoms in total. The van der Waals surface area contributed by atoms with E-state index in [2.05, 4.69) is 10.1 Å². The molecule has 0 spiro atoms. The molecule has 0 radical (unpaired) electrons. The van der Waals surface area contributed by atoms with Crippen molar-refractivity contribution in [3.63, 3.8) is 0 Å². The second-order valence-electron chi connectivity index (χ2n) is 5.25. The van der Waals surface area contributed by atoms with Crippen LogP contribution >= 0.6 is 0 Å². The Morgan fingerprint density at radius 1 is 1.27 bits per heavy atom. The van der Waals surface area contributed by atoms with Crippen LogP contribution in [0.1, 0.15) is 16.2 Å². The van der Waals surface area contributed by atoms with Crippen molar-refractivity contribution in [2.75, 3.05) is 24.5 Å². The van der Waals surface area contributed by atoms with E-state index in [1.807, 2.05) is 13.0 Å². The van der Waals surface area contributed by atoms with Crippen LogP contribution in [0, 0.1) is 6.92 Å². The Hall–Kier alpha value is -2.70. The summed E-state index contributed by atoms with van der Waals surface area (Å²) in [5.41, 5.74) is 1.28. The van der Waals surface area contributed by atoms with Crippen LogP contribution in [-0.4, -0.2) is 51.1 Å². The van der Waals surface area contributed by atoms with Crippen LogP contribution in [0.5, 0.6) is 0 Å². The van der Waals surface area contributed by atoms with Gasteiger partial charge in [0.15, 0.2) is 5.69 Å². The van der Waals surface area contributed by atoms with Gasteiger partial charge >= 0.3 is 0 Å². The van der Waals surface area contributed by atoms with Crippen LogP contribution in [0.3, 0.4) is 0 Å². The van der Waals surface area contributed by atoms with Crippen LogP contribution in [0.25, 0.3) is 0 Å². The molecule has 3 heterocycles. The highest BCUT2D eigenvalue weighted by Gasteiger charge is 2.30. The van der Waals surface area contributed by atoms with Crippen LogP contribution in [0.4, 0.5) is 5.82 Å². The summed E-state index contributed by atoms with van der Waals surface area (Å²) < 4.78 is 1.65. The van der Waals surface area contributed by atoms with Gasteiger partial charge in [0.2, 0.25) is 5.91 Å². The van der Waals surface area contributed by atoms with Gasteiger partial charge in [0.05, 0.1) is 0 Å². The van der Waals surface area contributed by atoms with Gasteiger partial charge in [0.25, 0.3) is 5.91 Å². The van der Waals surface area contributed by atoms with Crippen molar-refractivity contribution in [2.24, 2.45) is 7.05 Å². The first-order valence-electron chi connectivity index (χ1n) is 7.07. The molecule has 0 aliphatic carbocycles. The van der Waals surface area contributed by atoms with Gasteiger partial charge in [-0.05, 0) is 25.1 Å². The Bertz CT molecular complexity index is 690. The van der Waals surface area contributed by atoms with Gasteiger partial charge in [-0.25, -0.2) is 4.98 Å². The molecule has 2 amide bonds. The average Bonchev–Trinajstić information content (AvgIpc) is 2.87. The Morgan fingerprint density at radius 2 is 2.09 bits per heavy atom. The maximum Gasteiger partial charge on any atom is 0.274 e. The van der Waals surface area contributed by atoms with Gasteiger partial charge in [-0.15, -0.1) is 0 Å². The molecule has 1 aliphatic rings. The molecular weight excluding hydrogens is 282 g/mol. The van der Waals surface area contributed by atoms with Crippen LogP contribution in [0.2, 0.25) is 0 Å². The summed E-state index contributed by atoms with van der Waals surface area (Å²) in [7, 11) is 1.79. The first-order chi connectivity index (χ1) is 10.6. The first-order valence-corrected chi connectivity index (χ1v) is 7.07. The number of anilines is 1. The summed E-state index contributed by atoms with van der Waals surface area (Å²) in [5, 5.41) is 4.18. The zero-order chi connectivity index (χ0) is 15.7. The zero-order valence-corrected chi connectivity index (χ0v) is 12.6. The van der Waals surface area contributed by atoms with Crippen molar-refractivity contribution in [1.29, 1.82) is 0 Å². The number of nitrogens with zero attached hydrogens (tertiary/aromatic N) is 5. The van der Waals surface area contributed by atoms with Crippen molar-refractivity contribution in [3.8, 4) is 0 Å². The third kappa shape index (κ3) is 2.57. The van der Waals surface area contributed by atoms with E-state index in [4.69, 9.17) is 0 Å². The Kier molecular flexibility index (Phi) is 3.62. The summed E-state index contributed by atoms with van der Waals surface area (Å²) in [6.07, 6.45) is 1.65. The van der Waals surface area contributed by atoms with E-state index in [9.17, 15) is 9.59 Å². The molecule has 1 aliphatic heterocycles. The number of rotatable bonds is 2. The average molecular weight is 299 g/mol. The minimum atomic E-state index is -0.210. The van der Waals surface area contributed by atoms with Crippen molar-refractivity contribution >= 4 is 17.6 Å². The number of carbonyl (C=O) groups is 2. The van der Waals surface area contributed by atoms with Gasteiger partial charge in [0, 0.05) is 32.0 Å². The number of hydrogen-bond acceptors (Lipinski definition) is 4. The monoisotopic (exact) mass is 299 g/mol. The van der Waals surface area contributed by atoms with Crippen LogP contribution < -0.4 is 4.90 Å². The van der Waals surface area contributed by atoms with Crippen molar-refractivity contribution < 1.29 is 9.59 Å². The topological polar surface area (TPSA) is 71.3 Å². The highest BCUT2D eigenvalue weighted by Crippen LogP contribution is 2.15. The molecule has 0 aromatic carbocycles. The lowest BCUT2D eigenvalue weighted by atomic mass is 10.2. The minimum absolute atomic E-state index is 0.0467. The van der Waals surface area contributed by atoms with E-state index >= 15 is 0 Å². The number of pyridine rings is 1. The zero-order valence-electron chi connectivity index (χ0n) is 12.6. The SMILES string of the molecule is Cc1cc(C(=O)N2CCN(c3ccccn3)C(=O)C2)nn1C. The number of carbonyl (C=O) groups excluding carboxylic acids is 2. The summed E-state index contributed by atoms with van der Waals surface area (Å²) >= 11 is 0. The molecule has 2 aromatic rings. The number of hydrogen-bond donors (Lipinski definition) is 0. The molecule has 3 rings (SSSR count). The number of aryl methyl sites for hydroxylation is 2. The molecule has 2 aromatic heterocycles. The van der Waals surface area contributed by atoms with E-state index in [1.165, 1.54) is 4.90 Å². The predicted octanol–water partition coefficient (Wildman–Crippen LogP) is 0.613. The fraction of sp³-hybridized carbons (Fsp3) is 0.333. The summed E-state index contributed by atoms with van der Waals surface area (Å²) in [6, 6.07) is 7.16. The highest BCUT2D eigenvalue weighted by molar-refractivity contribution is 6.00. The molecular formula is C15H17N5O2.